The van der Waals surface area contributed by atoms with E-state index in [9.17, 15) is 4.79 Å². The Kier molecular flexibility index (Phi) is 5.64. The molecule has 0 radical (unpaired) electrons. The van der Waals surface area contributed by atoms with Crippen molar-refractivity contribution in [3.63, 3.8) is 0 Å². The summed E-state index contributed by atoms with van der Waals surface area (Å²) in [6.45, 7) is 4.15. The van der Waals surface area contributed by atoms with Crippen LogP contribution in [0, 0.1) is 11.7 Å². The largest absolute Gasteiger partial charge is 0.493 e. The van der Waals surface area contributed by atoms with Crippen LogP contribution in [0.25, 0.3) is 0 Å². The van der Waals surface area contributed by atoms with Crippen LogP contribution < -0.4 is 15.0 Å². The number of ether oxygens (including phenoxy) is 2. The summed E-state index contributed by atoms with van der Waals surface area (Å²) in [5.41, 5.74) is 0.598. The molecular weight excluding hydrogens is 316 g/mol. The second kappa shape index (κ2) is 7.68. The first kappa shape index (κ1) is 16.9. The van der Waals surface area contributed by atoms with E-state index in [0.717, 1.165) is 11.1 Å². The minimum atomic E-state index is -0.371. The van der Waals surface area contributed by atoms with E-state index >= 15 is 0 Å². The first-order valence-electron chi connectivity index (χ1n) is 7.11. The fraction of sp³-hybridized carbons (Fsp3) is 0.333. The van der Waals surface area contributed by atoms with Crippen LogP contribution in [0.4, 0.5) is 0 Å². The number of hydrogen-bond donors (Lipinski definition) is 1. The zero-order valence-electron chi connectivity index (χ0n) is 13.2. The highest BCUT2D eigenvalue weighted by molar-refractivity contribution is 7.71. The molecule has 0 amide bonds. The van der Waals surface area contributed by atoms with Crippen LogP contribution >= 0.6 is 12.2 Å². The molecule has 0 unspecified atom stereocenters. The van der Waals surface area contributed by atoms with Crippen LogP contribution in [0.2, 0.25) is 0 Å². The van der Waals surface area contributed by atoms with Gasteiger partial charge in [0.05, 0.1) is 19.9 Å². The Morgan fingerprint density at radius 2 is 2.26 bits per heavy atom. The van der Waals surface area contributed by atoms with E-state index in [1.165, 1.54) is 6.21 Å². The topological polar surface area (TPSA) is 81.5 Å². The number of aromatic amines is 1. The number of hydrogen-bond acceptors (Lipinski definition) is 6. The van der Waals surface area contributed by atoms with E-state index in [2.05, 4.69) is 15.3 Å². The third-order valence-electron chi connectivity index (χ3n) is 3.01. The van der Waals surface area contributed by atoms with Crippen molar-refractivity contribution in [2.24, 2.45) is 5.10 Å². The second-order valence-electron chi connectivity index (χ2n) is 4.70. The van der Waals surface area contributed by atoms with Gasteiger partial charge in [0.25, 0.3) is 5.56 Å². The molecule has 0 bridgehead atoms. The molecule has 0 atom stereocenters. The molecule has 1 N–H and O–H groups in total. The summed E-state index contributed by atoms with van der Waals surface area (Å²) in [5.74, 6) is 1.18. The molecule has 1 aromatic carbocycles. The molecule has 0 spiro atoms. The van der Waals surface area contributed by atoms with Gasteiger partial charge in [-0.05, 0) is 37.7 Å². The molecule has 0 aliphatic heterocycles. The van der Waals surface area contributed by atoms with Gasteiger partial charge in [0.2, 0.25) is 4.77 Å². The average molecular weight is 334 g/mol. The van der Waals surface area contributed by atoms with Crippen molar-refractivity contribution >= 4 is 18.4 Å². The molecule has 2 rings (SSSR count). The summed E-state index contributed by atoms with van der Waals surface area (Å²) in [6, 6.07) is 5.44. The summed E-state index contributed by atoms with van der Waals surface area (Å²) in [7, 11) is 1.57. The quantitative estimate of drug-likeness (QED) is 0.647. The van der Waals surface area contributed by atoms with Gasteiger partial charge in [0.15, 0.2) is 11.5 Å². The van der Waals surface area contributed by atoms with Crippen molar-refractivity contribution in [2.45, 2.75) is 20.3 Å². The molecule has 122 valence electrons. The highest BCUT2D eigenvalue weighted by Crippen LogP contribution is 2.30. The lowest BCUT2D eigenvalue weighted by Gasteiger charge is -2.12. The number of rotatable bonds is 6. The maximum absolute atomic E-state index is 12.0. The molecule has 0 saturated carbocycles. The van der Waals surface area contributed by atoms with Crippen molar-refractivity contribution in [3.8, 4) is 11.5 Å². The minimum absolute atomic E-state index is 0.121. The van der Waals surface area contributed by atoms with Gasteiger partial charge in [-0.25, -0.2) is 0 Å². The number of aromatic nitrogens is 3. The number of methoxy groups -OCH3 is 1. The third-order valence-corrected chi connectivity index (χ3v) is 3.27. The first-order valence-corrected chi connectivity index (χ1v) is 7.51. The zero-order chi connectivity index (χ0) is 16.8. The molecule has 0 fully saturated rings. The highest BCUT2D eigenvalue weighted by Gasteiger charge is 2.09. The molecule has 0 saturated heterocycles. The molecule has 23 heavy (non-hydrogen) atoms. The molecule has 1 heterocycles. The van der Waals surface area contributed by atoms with Gasteiger partial charge >= 0.3 is 0 Å². The van der Waals surface area contributed by atoms with Crippen molar-refractivity contribution in [1.29, 1.82) is 0 Å². The Balaban J connectivity index is 2.46. The number of H-pyrrole nitrogens is 1. The smallest absolute Gasteiger partial charge is 0.296 e. The molecule has 7 nitrogen and oxygen atoms in total. The second-order valence-corrected chi connectivity index (χ2v) is 5.09. The Labute approximate surface area is 138 Å². The van der Waals surface area contributed by atoms with Crippen molar-refractivity contribution in [1.82, 2.24) is 14.9 Å². The monoisotopic (exact) mass is 334 g/mol. The Hall–Kier alpha value is -2.48. The maximum Gasteiger partial charge on any atom is 0.296 e. The fourth-order valence-electron chi connectivity index (χ4n) is 1.85. The molecule has 0 aliphatic rings. The summed E-state index contributed by atoms with van der Waals surface area (Å²) < 4.78 is 12.2. The van der Waals surface area contributed by atoms with E-state index < -0.39 is 0 Å². The predicted octanol–water partition coefficient (Wildman–Crippen LogP) is 2.29. The lowest BCUT2D eigenvalue weighted by atomic mass is 10.2. The SMILES string of the molecule is CCCOc1c(/C=N\n2c(=S)[nH]nc(C)c2=O)cccc1OC. The summed E-state index contributed by atoms with van der Waals surface area (Å²) in [5, 5.41) is 10.5. The average Bonchev–Trinajstić information content (AvgIpc) is 2.56. The minimum Gasteiger partial charge on any atom is -0.493 e. The number of para-hydroxylation sites is 1. The van der Waals surface area contributed by atoms with Gasteiger partial charge in [-0.2, -0.15) is 14.9 Å². The van der Waals surface area contributed by atoms with Crippen LogP contribution in [-0.2, 0) is 0 Å². The van der Waals surface area contributed by atoms with E-state index in [4.69, 9.17) is 21.7 Å². The van der Waals surface area contributed by atoms with Crippen LogP contribution in [0.5, 0.6) is 11.5 Å². The fourth-order valence-corrected chi connectivity index (χ4v) is 2.03. The summed E-state index contributed by atoms with van der Waals surface area (Å²) >= 11 is 5.04. The normalized spacial score (nSPS) is 10.9. The summed E-state index contributed by atoms with van der Waals surface area (Å²) in [6.07, 6.45) is 2.38. The molecule has 8 heteroatoms. The zero-order valence-corrected chi connectivity index (χ0v) is 14.0. The number of benzene rings is 1. The van der Waals surface area contributed by atoms with Crippen molar-refractivity contribution in [3.05, 3.63) is 44.6 Å². The standard InChI is InChI=1S/C15H18N4O3S/c1-4-8-22-13-11(6-5-7-12(13)21-3)9-16-19-14(20)10(2)17-18-15(19)23/h5-7,9H,4,8H2,1-3H3,(H,18,23)/b16-9-. The van der Waals surface area contributed by atoms with Gasteiger partial charge in [-0.15, -0.1) is 0 Å². The lowest BCUT2D eigenvalue weighted by molar-refractivity contribution is 0.294. The van der Waals surface area contributed by atoms with Gasteiger partial charge in [0.1, 0.15) is 5.69 Å². The summed E-state index contributed by atoms with van der Waals surface area (Å²) in [4.78, 5) is 12.0. The van der Waals surface area contributed by atoms with Crippen molar-refractivity contribution < 1.29 is 9.47 Å². The lowest BCUT2D eigenvalue weighted by Crippen LogP contribution is -2.22. The Bertz CT molecular complexity index is 826. The Morgan fingerprint density at radius 1 is 1.48 bits per heavy atom. The van der Waals surface area contributed by atoms with E-state index in [-0.39, 0.29) is 16.0 Å². The van der Waals surface area contributed by atoms with Crippen LogP contribution in [-0.4, -0.2) is 34.8 Å². The van der Waals surface area contributed by atoms with Gasteiger partial charge < -0.3 is 9.47 Å². The van der Waals surface area contributed by atoms with Gasteiger partial charge in [-0.1, -0.05) is 13.0 Å². The highest BCUT2D eigenvalue weighted by atomic mass is 32.1. The molecule has 0 aliphatic carbocycles. The third kappa shape index (κ3) is 3.84. The van der Waals surface area contributed by atoms with E-state index in [1.807, 2.05) is 19.1 Å². The number of nitrogens with zero attached hydrogens (tertiary/aromatic N) is 3. The molecule has 1 aromatic heterocycles. The van der Waals surface area contributed by atoms with Crippen LogP contribution in [0.15, 0.2) is 28.1 Å². The van der Waals surface area contributed by atoms with Crippen LogP contribution in [0.1, 0.15) is 24.6 Å². The first-order chi connectivity index (χ1) is 11.1. The van der Waals surface area contributed by atoms with Crippen molar-refractivity contribution in [2.75, 3.05) is 13.7 Å². The number of nitrogens with one attached hydrogen (secondary N) is 1. The molecule has 2 aromatic rings. The number of aryl methyl sites for hydroxylation is 1. The van der Waals surface area contributed by atoms with Crippen LogP contribution in [0.3, 0.4) is 0 Å². The van der Waals surface area contributed by atoms with E-state index in [0.29, 0.717) is 23.7 Å². The van der Waals surface area contributed by atoms with Gasteiger partial charge in [-0.3, -0.25) is 9.89 Å². The maximum atomic E-state index is 12.0. The Morgan fingerprint density at radius 3 is 2.96 bits per heavy atom. The predicted molar refractivity (Wildman–Crippen MR) is 90.2 cm³/mol. The van der Waals surface area contributed by atoms with Gasteiger partial charge in [0, 0.05) is 5.56 Å². The van der Waals surface area contributed by atoms with E-state index in [1.54, 1.807) is 20.1 Å². The molecular formula is C15H18N4O3S.